The summed E-state index contributed by atoms with van der Waals surface area (Å²) in [5.41, 5.74) is 1.56. The van der Waals surface area contributed by atoms with Crippen molar-refractivity contribution in [2.24, 2.45) is 0 Å². The fourth-order valence-corrected chi connectivity index (χ4v) is 6.26. The van der Waals surface area contributed by atoms with Gasteiger partial charge >= 0.3 is 0 Å². The van der Waals surface area contributed by atoms with Crippen LogP contribution >= 0.6 is 11.3 Å². The maximum absolute atomic E-state index is 14.4. The van der Waals surface area contributed by atoms with E-state index in [1.807, 2.05) is 18.3 Å². The summed E-state index contributed by atoms with van der Waals surface area (Å²) in [6.45, 7) is 8.50. The normalized spacial score (nSPS) is 21.4. The number of rotatable bonds is 8. The first-order valence-electron chi connectivity index (χ1n) is 12.6. The van der Waals surface area contributed by atoms with Crippen molar-refractivity contribution in [3.8, 4) is 10.7 Å². The third-order valence-corrected chi connectivity index (χ3v) is 9.11. The first-order valence-corrected chi connectivity index (χ1v) is 13.5. The van der Waals surface area contributed by atoms with Gasteiger partial charge < -0.3 is 5.32 Å². The van der Waals surface area contributed by atoms with Crippen molar-refractivity contribution >= 4 is 17.2 Å². The van der Waals surface area contributed by atoms with Gasteiger partial charge in [-0.15, -0.1) is 21.5 Å². The Morgan fingerprint density at radius 1 is 1.03 bits per heavy atom. The second-order valence-corrected chi connectivity index (χ2v) is 11.6. The van der Waals surface area contributed by atoms with Gasteiger partial charge in [0.15, 0.2) is 0 Å². The summed E-state index contributed by atoms with van der Waals surface area (Å²) in [5, 5.41) is 13.0. The molecule has 0 aromatic carbocycles. The zero-order chi connectivity index (χ0) is 23.9. The van der Waals surface area contributed by atoms with Gasteiger partial charge in [-0.3, -0.25) is 14.8 Å². The maximum atomic E-state index is 14.4. The molecule has 4 heterocycles. The van der Waals surface area contributed by atoms with E-state index >= 15 is 0 Å². The van der Waals surface area contributed by atoms with Crippen molar-refractivity contribution in [3.63, 3.8) is 0 Å². The smallest absolute Gasteiger partial charge is 0.148 e. The Labute approximate surface area is 209 Å². The highest BCUT2D eigenvalue weighted by Gasteiger charge is 2.44. The molecule has 0 radical (unpaired) electrons. The molecule has 184 valence electrons. The molecule has 2 saturated carbocycles. The largest absolute Gasteiger partial charge is 0.368 e. The average molecular weight is 494 g/mol. The van der Waals surface area contributed by atoms with Gasteiger partial charge in [0.25, 0.3) is 0 Å². The van der Waals surface area contributed by atoms with Gasteiger partial charge in [0.05, 0.1) is 5.69 Å². The number of pyridine rings is 1. The lowest BCUT2D eigenvalue weighted by atomic mass is 9.66. The van der Waals surface area contributed by atoms with Crippen LogP contribution in [0.3, 0.4) is 0 Å². The summed E-state index contributed by atoms with van der Waals surface area (Å²) in [4.78, 5) is 15.4. The van der Waals surface area contributed by atoms with Crippen LogP contribution in [0.5, 0.6) is 0 Å². The van der Waals surface area contributed by atoms with Crippen LogP contribution in [0, 0.1) is 5.82 Å². The van der Waals surface area contributed by atoms with Crippen LogP contribution in [-0.4, -0.2) is 68.2 Å². The number of nitrogens with one attached hydrogen (secondary N) is 1. The molecule has 3 fully saturated rings. The fraction of sp³-hybridized carbons (Fsp3) is 0.538. The molecule has 1 aliphatic heterocycles. The second kappa shape index (κ2) is 9.19. The predicted molar refractivity (Wildman–Crippen MR) is 136 cm³/mol. The Morgan fingerprint density at radius 2 is 1.86 bits per heavy atom. The summed E-state index contributed by atoms with van der Waals surface area (Å²) in [6.07, 6.45) is 9.29. The Balaban J connectivity index is 1.04. The number of piperazine rings is 1. The van der Waals surface area contributed by atoms with Gasteiger partial charge in [-0.1, -0.05) is 6.42 Å². The zero-order valence-electron chi connectivity index (χ0n) is 20.2. The molecule has 9 heteroatoms. The van der Waals surface area contributed by atoms with Gasteiger partial charge in [-0.2, -0.15) is 0 Å². The van der Waals surface area contributed by atoms with E-state index in [0.717, 1.165) is 62.7 Å². The molecule has 2 aliphatic carbocycles. The Kier molecular flexibility index (Phi) is 6.02. The Morgan fingerprint density at radius 3 is 2.51 bits per heavy atom. The molecule has 3 aliphatic rings. The van der Waals surface area contributed by atoms with E-state index < -0.39 is 0 Å². The lowest BCUT2D eigenvalue weighted by Gasteiger charge is -2.41. The zero-order valence-corrected chi connectivity index (χ0v) is 21.0. The lowest BCUT2D eigenvalue weighted by Crippen LogP contribution is -2.50. The second-order valence-electron chi connectivity index (χ2n) is 10.5. The number of halogens is 1. The quantitative estimate of drug-likeness (QED) is 0.501. The van der Waals surface area contributed by atoms with E-state index in [-0.39, 0.29) is 11.2 Å². The van der Waals surface area contributed by atoms with Gasteiger partial charge in [0.1, 0.15) is 22.3 Å². The average Bonchev–Trinajstić information content (AvgIpc) is 3.44. The summed E-state index contributed by atoms with van der Waals surface area (Å²) >= 11 is 1.69. The minimum Gasteiger partial charge on any atom is -0.368 e. The van der Waals surface area contributed by atoms with Crippen LogP contribution in [0.2, 0.25) is 0 Å². The van der Waals surface area contributed by atoms with Gasteiger partial charge in [-0.25, -0.2) is 9.37 Å². The van der Waals surface area contributed by atoms with Crippen LogP contribution < -0.4 is 5.32 Å². The number of anilines is 1. The van der Waals surface area contributed by atoms with Crippen LogP contribution in [0.25, 0.3) is 10.7 Å². The standard InChI is InChI=1S/C26H32FN7S/c1-25(9-10-25)34-14-12-33(13-15-34)17-19-16-29-24(35-19)21-5-6-22(32-31-21)30-18-26(7-3-8-26)23-20(27)4-2-11-28-23/h2,4-6,11,16H,3,7-10,12-15,17-18H2,1H3,(H,30,32). The number of hydrogen-bond donors (Lipinski definition) is 1. The molecule has 6 rings (SSSR count). The van der Waals surface area contributed by atoms with E-state index in [4.69, 9.17) is 0 Å². The molecular weight excluding hydrogens is 461 g/mol. The SMILES string of the molecule is CC1(N2CCN(Cc3cnc(-c4ccc(NCC5(c6ncccc6F)CCC5)nn4)s3)CC2)CC1. The van der Waals surface area contributed by atoms with Crippen LogP contribution in [-0.2, 0) is 12.0 Å². The predicted octanol–water partition coefficient (Wildman–Crippen LogP) is 4.34. The molecule has 1 saturated heterocycles. The molecule has 3 aromatic rings. The molecular formula is C26H32FN7S. The van der Waals surface area contributed by atoms with Crippen LogP contribution in [0.1, 0.15) is 49.6 Å². The van der Waals surface area contributed by atoms with E-state index in [9.17, 15) is 4.39 Å². The van der Waals surface area contributed by atoms with Gasteiger partial charge in [0.2, 0.25) is 0 Å². The molecule has 0 atom stereocenters. The molecule has 7 nitrogen and oxygen atoms in total. The van der Waals surface area contributed by atoms with Gasteiger partial charge in [0, 0.05) is 67.5 Å². The molecule has 0 bridgehead atoms. The summed E-state index contributed by atoms with van der Waals surface area (Å²) in [7, 11) is 0. The van der Waals surface area contributed by atoms with Crippen molar-refractivity contribution < 1.29 is 4.39 Å². The van der Waals surface area contributed by atoms with Crippen molar-refractivity contribution in [1.82, 2.24) is 30.0 Å². The van der Waals surface area contributed by atoms with Crippen molar-refractivity contribution in [1.29, 1.82) is 0 Å². The van der Waals surface area contributed by atoms with Gasteiger partial charge in [-0.05, 0) is 56.9 Å². The fourth-order valence-electron chi connectivity index (χ4n) is 5.34. The summed E-state index contributed by atoms with van der Waals surface area (Å²) in [5.74, 6) is 0.462. The van der Waals surface area contributed by atoms with E-state index in [1.165, 1.54) is 23.8 Å². The van der Waals surface area contributed by atoms with Crippen molar-refractivity contribution in [2.75, 3.05) is 38.0 Å². The highest BCUT2D eigenvalue weighted by molar-refractivity contribution is 7.14. The summed E-state index contributed by atoms with van der Waals surface area (Å²) in [6, 6.07) is 7.03. The summed E-state index contributed by atoms with van der Waals surface area (Å²) < 4.78 is 14.4. The van der Waals surface area contributed by atoms with E-state index in [2.05, 4.69) is 42.2 Å². The Hall–Kier alpha value is -2.49. The molecule has 1 N–H and O–H groups in total. The molecule has 0 amide bonds. The van der Waals surface area contributed by atoms with Crippen LogP contribution in [0.15, 0.2) is 36.7 Å². The topological polar surface area (TPSA) is 70.1 Å². The van der Waals surface area contributed by atoms with Crippen molar-refractivity contribution in [2.45, 2.75) is 56.5 Å². The van der Waals surface area contributed by atoms with Crippen LogP contribution in [0.4, 0.5) is 10.2 Å². The molecule has 3 aromatic heterocycles. The number of aromatic nitrogens is 4. The minimum absolute atomic E-state index is 0.228. The molecule has 0 spiro atoms. The van der Waals surface area contributed by atoms with E-state index in [0.29, 0.717) is 23.6 Å². The monoisotopic (exact) mass is 493 g/mol. The highest BCUT2D eigenvalue weighted by atomic mass is 32.1. The first kappa shape index (κ1) is 22.9. The lowest BCUT2D eigenvalue weighted by molar-refractivity contribution is 0.0886. The minimum atomic E-state index is -0.266. The van der Waals surface area contributed by atoms with Crippen molar-refractivity contribution in [3.05, 3.63) is 53.0 Å². The number of hydrogen-bond acceptors (Lipinski definition) is 8. The first-order chi connectivity index (χ1) is 17.0. The van der Waals surface area contributed by atoms with E-state index in [1.54, 1.807) is 23.6 Å². The highest BCUT2D eigenvalue weighted by Crippen LogP contribution is 2.44. The molecule has 0 unspecified atom stereocenters. The Bertz CT molecular complexity index is 1160. The molecule has 35 heavy (non-hydrogen) atoms. The maximum Gasteiger partial charge on any atom is 0.148 e. The number of nitrogens with zero attached hydrogens (tertiary/aromatic N) is 6. The third kappa shape index (κ3) is 4.69. The third-order valence-electron chi connectivity index (χ3n) is 8.11. The number of thiazole rings is 1.